The van der Waals surface area contributed by atoms with Crippen molar-refractivity contribution < 1.29 is 27.8 Å². The highest BCUT2D eigenvalue weighted by Crippen LogP contribution is 2.29. The van der Waals surface area contributed by atoms with Gasteiger partial charge in [0, 0.05) is 6.07 Å². The molecule has 1 aromatic carbocycles. The molecule has 1 aromatic rings. The zero-order valence-electron chi connectivity index (χ0n) is 13.0. The number of benzene rings is 1. The van der Waals surface area contributed by atoms with Crippen molar-refractivity contribution in [1.29, 1.82) is 0 Å². The minimum atomic E-state index is -3.97. The molecule has 7 nitrogen and oxygen atoms in total. The highest BCUT2D eigenvalue weighted by molar-refractivity contribution is 7.89. The average Bonchev–Trinajstić information content (AvgIpc) is 2.44. The summed E-state index contributed by atoms with van der Waals surface area (Å²) < 4.78 is 37.0. The van der Waals surface area contributed by atoms with Crippen LogP contribution in [0.15, 0.2) is 23.1 Å². The number of sulfonamides is 1. The number of carboxylic acid groups (broad SMARTS) is 1. The van der Waals surface area contributed by atoms with Gasteiger partial charge in [-0.25, -0.2) is 8.42 Å². The summed E-state index contributed by atoms with van der Waals surface area (Å²) in [4.78, 5) is 11.1. The molecule has 1 unspecified atom stereocenters. The van der Waals surface area contributed by atoms with Gasteiger partial charge in [0.1, 0.15) is 6.04 Å². The van der Waals surface area contributed by atoms with Gasteiger partial charge in [0.15, 0.2) is 11.5 Å². The molecule has 0 saturated carbocycles. The summed E-state index contributed by atoms with van der Waals surface area (Å²) in [6.07, 6.45) is 0.196. The quantitative estimate of drug-likeness (QED) is 0.748. The van der Waals surface area contributed by atoms with E-state index in [0.717, 1.165) is 0 Å². The first-order chi connectivity index (χ1) is 10.2. The van der Waals surface area contributed by atoms with Gasteiger partial charge in [-0.2, -0.15) is 4.72 Å². The van der Waals surface area contributed by atoms with Gasteiger partial charge in [0.25, 0.3) is 0 Å². The molecule has 0 spiro atoms. The lowest BCUT2D eigenvalue weighted by Gasteiger charge is -2.17. The molecule has 1 rings (SSSR count). The van der Waals surface area contributed by atoms with Crippen molar-refractivity contribution in [3.05, 3.63) is 18.2 Å². The number of nitrogens with one attached hydrogen (secondary N) is 1. The Morgan fingerprint density at radius 3 is 2.27 bits per heavy atom. The van der Waals surface area contributed by atoms with Crippen LogP contribution in [0, 0.1) is 5.92 Å². The fourth-order valence-electron chi connectivity index (χ4n) is 1.91. The molecule has 22 heavy (non-hydrogen) atoms. The van der Waals surface area contributed by atoms with E-state index in [4.69, 9.17) is 14.6 Å². The Morgan fingerprint density at radius 2 is 1.82 bits per heavy atom. The molecule has 0 saturated heterocycles. The second-order valence-corrected chi connectivity index (χ2v) is 6.87. The average molecular weight is 331 g/mol. The Kier molecular flexibility index (Phi) is 6.19. The molecule has 0 amide bonds. The molecular formula is C14H21NO6S. The maximum Gasteiger partial charge on any atom is 0.321 e. The first-order valence-electron chi connectivity index (χ1n) is 6.68. The Balaban J connectivity index is 3.10. The van der Waals surface area contributed by atoms with Gasteiger partial charge in [-0.05, 0) is 24.5 Å². The normalized spacial score (nSPS) is 13.0. The third-order valence-corrected chi connectivity index (χ3v) is 4.44. The molecule has 124 valence electrons. The van der Waals surface area contributed by atoms with Crippen LogP contribution in [-0.4, -0.2) is 39.8 Å². The standard InChI is InChI=1S/C14H21NO6S/c1-9(2)7-11(14(16)17)15-22(18,19)10-5-6-12(20-3)13(8-10)21-4/h5-6,8-9,11,15H,7H2,1-4H3,(H,16,17). The lowest BCUT2D eigenvalue weighted by atomic mass is 10.1. The molecule has 0 aliphatic rings. The van der Waals surface area contributed by atoms with E-state index in [1.54, 1.807) is 0 Å². The first kappa shape index (κ1) is 18.2. The van der Waals surface area contributed by atoms with Gasteiger partial charge in [0.2, 0.25) is 10.0 Å². The fourth-order valence-corrected chi connectivity index (χ4v) is 3.13. The molecule has 0 aliphatic carbocycles. The molecular weight excluding hydrogens is 310 g/mol. The van der Waals surface area contributed by atoms with Crippen molar-refractivity contribution in [1.82, 2.24) is 4.72 Å². The monoisotopic (exact) mass is 331 g/mol. The number of carbonyl (C=O) groups is 1. The molecule has 0 aromatic heterocycles. The fraction of sp³-hybridized carbons (Fsp3) is 0.500. The summed E-state index contributed by atoms with van der Waals surface area (Å²) >= 11 is 0. The number of hydrogen-bond donors (Lipinski definition) is 2. The maximum atomic E-state index is 12.3. The van der Waals surface area contributed by atoms with Crippen LogP contribution in [0.3, 0.4) is 0 Å². The van der Waals surface area contributed by atoms with E-state index in [-0.39, 0.29) is 23.0 Å². The Hall–Kier alpha value is -1.80. The molecule has 0 bridgehead atoms. The Labute approximate surface area is 130 Å². The lowest BCUT2D eigenvalue weighted by Crippen LogP contribution is -2.41. The Morgan fingerprint density at radius 1 is 1.23 bits per heavy atom. The van der Waals surface area contributed by atoms with Gasteiger partial charge >= 0.3 is 5.97 Å². The van der Waals surface area contributed by atoms with Crippen molar-refractivity contribution in [3.8, 4) is 11.5 Å². The van der Waals surface area contributed by atoms with Crippen molar-refractivity contribution in [2.24, 2.45) is 5.92 Å². The van der Waals surface area contributed by atoms with E-state index in [0.29, 0.717) is 5.75 Å². The summed E-state index contributed by atoms with van der Waals surface area (Å²) in [6, 6.07) is 2.89. The molecule has 2 N–H and O–H groups in total. The molecule has 0 radical (unpaired) electrons. The van der Waals surface area contributed by atoms with Crippen LogP contribution in [0.25, 0.3) is 0 Å². The smallest absolute Gasteiger partial charge is 0.321 e. The molecule has 8 heteroatoms. The van der Waals surface area contributed by atoms with Crippen molar-refractivity contribution in [2.45, 2.75) is 31.2 Å². The van der Waals surface area contributed by atoms with Gasteiger partial charge in [-0.3, -0.25) is 4.79 Å². The van der Waals surface area contributed by atoms with Crippen molar-refractivity contribution in [3.63, 3.8) is 0 Å². The third-order valence-electron chi connectivity index (χ3n) is 2.97. The molecule has 0 aliphatic heterocycles. The number of aliphatic carboxylic acids is 1. The highest BCUT2D eigenvalue weighted by Gasteiger charge is 2.26. The summed E-state index contributed by atoms with van der Waals surface area (Å²) in [5.74, 6) is -0.536. The van der Waals surface area contributed by atoms with Crippen molar-refractivity contribution in [2.75, 3.05) is 14.2 Å². The summed E-state index contributed by atoms with van der Waals surface area (Å²) in [5, 5.41) is 9.14. The van der Waals surface area contributed by atoms with E-state index in [1.807, 2.05) is 13.8 Å². The maximum absolute atomic E-state index is 12.3. The third kappa shape index (κ3) is 4.60. The van der Waals surface area contributed by atoms with E-state index in [1.165, 1.54) is 32.4 Å². The van der Waals surface area contributed by atoms with Crippen LogP contribution >= 0.6 is 0 Å². The van der Waals surface area contributed by atoms with Crippen molar-refractivity contribution >= 4 is 16.0 Å². The summed E-state index contributed by atoms with van der Waals surface area (Å²) in [5.41, 5.74) is 0. The predicted molar refractivity (Wildman–Crippen MR) is 80.7 cm³/mol. The van der Waals surface area contributed by atoms with Gasteiger partial charge in [-0.1, -0.05) is 13.8 Å². The van der Waals surface area contributed by atoms with Crippen LogP contribution in [0.4, 0.5) is 0 Å². The van der Waals surface area contributed by atoms with Gasteiger partial charge in [0.05, 0.1) is 19.1 Å². The molecule has 0 fully saturated rings. The number of hydrogen-bond acceptors (Lipinski definition) is 5. The minimum absolute atomic E-state index is 0.0363. The number of methoxy groups -OCH3 is 2. The van der Waals surface area contributed by atoms with E-state index >= 15 is 0 Å². The van der Waals surface area contributed by atoms with E-state index < -0.39 is 22.0 Å². The van der Waals surface area contributed by atoms with E-state index in [2.05, 4.69) is 4.72 Å². The second-order valence-electron chi connectivity index (χ2n) is 5.16. The van der Waals surface area contributed by atoms with Gasteiger partial charge < -0.3 is 14.6 Å². The lowest BCUT2D eigenvalue weighted by molar-refractivity contribution is -0.139. The zero-order valence-corrected chi connectivity index (χ0v) is 13.8. The number of rotatable bonds is 8. The van der Waals surface area contributed by atoms with Crippen LogP contribution < -0.4 is 14.2 Å². The van der Waals surface area contributed by atoms with Crippen LogP contribution in [-0.2, 0) is 14.8 Å². The SMILES string of the molecule is COc1ccc(S(=O)(=O)NC(CC(C)C)C(=O)O)cc1OC. The van der Waals surface area contributed by atoms with Crippen LogP contribution in [0.5, 0.6) is 11.5 Å². The van der Waals surface area contributed by atoms with Gasteiger partial charge in [-0.15, -0.1) is 0 Å². The van der Waals surface area contributed by atoms with Crippen LogP contribution in [0.1, 0.15) is 20.3 Å². The topological polar surface area (TPSA) is 102 Å². The zero-order chi connectivity index (χ0) is 16.9. The summed E-state index contributed by atoms with van der Waals surface area (Å²) in [6.45, 7) is 3.64. The Bertz CT molecular complexity index is 626. The molecule has 0 heterocycles. The first-order valence-corrected chi connectivity index (χ1v) is 8.16. The van der Waals surface area contributed by atoms with E-state index in [9.17, 15) is 13.2 Å². The number of carboxylic acids is 1. The number of ether oxygens (including phenoxy) is 2. The minimum Gasteiger partial charge on any atom is -0.493 e. The summed E-state index contributed by atoms with van der Waals surface area (Å²) in [7, 11) is -1.15. The van der Waals surface area contributed by atoms with Crippen LogP contribution in [0.2, 0.25) is 0 Å². The second kappa shape index (κ2) is 7.46. The highest BCUT2D eigenvalue weighted by atomic mass is 32.2. The largest absolute Gasteiger partial charge is 0.493 e. The predicted octanol–water partition coefficient (Wildman–Crippen LogP) is 1.48. The molecule has 1 atom stereocenters.